The van der Waals surface area contributed by atoms with Gasteiger partial charge in [-0.3, -0.25) is 9.59 Å². The predicted molar refractivity (Wildman–Crippen MR) is 113 cm³/mol. The fourth-order valence-corrected chi connectivity index (χ4v) is 2.58. The van der Waals surface area contributed by atoms with Gasteiger partial charge >= 0.3 is 0 Å². The lowest BCUT2D eigenvalue weighted by Gasteiger charge is -2.11. The zero-order valence-electron chi connectivity index (χ0n) is 14.9. The summed E-state index contributed by atoms with van der Waals surface area (Å²) >= 11 is 0. The highest BCUT2D eigenvalue weighted by Gasteiger charge is 2.13. The smallest absolute Gasteiger partial charge is 0.255 e. The number of carbonyl (C=O) groups excluding carboxylic acids is 2. The van der Waals surface area contributed by atoms with Crippen molar-refractivity contribution in [2.45, 2.75) is 0 Å². The molecule has 0 aromatic heterocycles. The zero-order chi connectivity index (χ0) is 20.3. The summed E-state index contributed by atoms with van der Waals surface area (Å²) in [6.07, 6.45) is 0. The maximum Gasteiger partial charge on any atom is 0.255 e. The number of nitrogens with one attached hydrogen (secondary N) is 2. The maximum absolute atomic E-state index is 12.5. The Kier molecular flexibility index (Phi) is 5.03. The molecule has 0 atom stereocenters. The molecule has 0 spiro atoms. The largest absolute Gasteiger partial charge is 0.399 e. The van der Waals surface area contributed by atoms with Crippen molar-refractivity contribution in [3.05, 3.63) is 71.8 Å². The molecule has 3 rings (SSSR count). The first-order chi connectivity index (χ1) is 13.3. The van der Waals surface area contributed by atoms with Gasteiger partial charge in [0, 0.05) is 22.5 Å². The lowest BCUT2D eigenvalue weighted by Crippen LogP contribution is -2.16. The van der Waals surface area contributed by atoms with Gasteiger partial charge in [0.15, 0.2) is 0 Å². The van der Waals surface area contributed by atoms with Gasteiger partial charge < -0.3 is 33.6 Å². The number of nitrogens with two attached hydrogens (primary N) is 4. The number of hydrogen-bond acceptors (Lipinski definition) is 6. The number of amides is 2. The Labute approximate surface area is 161 Å². The Balaban J connectivity index is 1.77. The summed E-state index contributed by atoms with van der Waals surface area (Å²) in [6, 6.07) is 15.9. The van der Waals surface area contributed by atoms with E-state index in [2.05, 4.69) is 10.6 Å². The molecule has 0 saturated heterocycles. The van der Waals surface area contributed by atoms with E-state index >= 15 is 0 Å². The van der Waals surface area contributed by atoms with Crippen molar-refractivity contribution in [2.24, 2.45) is 0 Å². The Morgan fingerprint density at radius 3 is 1.43 bits per heavy atom. The molecular formula is C20H20N6O2. The van der Waals surface area contributed by atoms with Gasteiger partial charge in [0.05, 0.1) is 22.7 Å². The van der Waals surface area contributed by atoms with Crippen molar-refractivity contribution in [2.75, 3.05) is 33.6 Å². The number of rotatable bonds is 4. The van der Waals surface area contributed by atoms with Gasteiger partial charge in [-0.2, -0.15) is 0 Å². The Bertz CT molecular complexity index is 984. The van der Waals surface area contributed by atoms with Crippen molar-refractivity contribution in [3.8, 4) is 0 Å². The maximum atomic E-state index is 12.5. The molecule has 8 heteroatoms. The molecule has 142 valence electrons. The molecule has 0 aliphatic heterocycles. The highest BCUT2D eigenvalue weighted by molar-refractivity contribution is 6.10. The first kappa shape index (κ1) is 18.6. The first-order valence-electron chi connectivity index (χ1n) is 8.36. The van der Waals surface area contributed by atoms with E-state index in [1.54, 1.807) is 54.6 Å². The zero-order valence-corrected chi connectivity index (χ0v) is 14.9. The van der Waals surface area contributed by atoms with Crippen LogP contribution in [0.4, 0.5) is 34.1 Å². The van der Waals surface area contributed by atoms with Crippen LogP contribution in [-0.4, -0.2) is 11.8 Å². The highest BCUT2D eigenvalue weighted by Crippen LogP contribution is 2.23. The number of carbonyl (C=O) groups is 2. The minimum atomic E-state index is -0.405. The van der Waals surface area contributed by atoms with Crippen LogP contribution < -0.4 is 33.6 Å². The van der Waals surface area contributed by atoms with Gasteiger partial charge in [-0.1, -0.05) is 6.07 Å². The molecule has 0 radical (unpaired) electrons. The monoisotopic (exact) mass is 376 g/mol. The van der Waals surface area contributed by atoms with E-state index in [-0.39, 0.29) is 0 Å². The molecule has 0 bridgehead atoms. The van der Waals surface area contributed by atoms with Gasteiger partial charge in [-0.25, -0.2) is 0 Å². The summed E-state index contributed by atoms with van der Waals surface area (Å²) in [5.41, 5.74) is 26.2. The number of nitrogen functional groups attached to an aromatic ring is 4. The molecule has 0 aliphatic carbocycles. The third kappa shape index (κ3) is 4.13. The van der Waals surface area contributed by atoms with Gasteiger partial charge in [-0.15, -0.1) is 0 Å². The molecule has 28 heavy (non-hydrogen) atoms. The van der Waals surface area contributed by atoms with Crippen LogP contribution in [0.2, 0.25) is 0 Å². The first-order valence-corrected chi connectivity index (χ1v) is 8.36. The average molecular weight is 376 g/mol. The lowest BCUT2D eigenvalue weighted by molar-refractivity contribution is 0.102. The standard InChI is InChI=1S/C20H20N6O2/c21-13-4-6-17(15(23)9-13)25-19(27)11-2-1-3-12(8-11)20(28)26-18-7-5-14(22)10-16(18)24/h1-10H,21-24H2,(H,25,27)(H,26,28). The highest BCUT2D eigenvalue weighted by atomic mass is 16.2. The molecule has 0 fully saturated rings. The summed E-state index contributed by atoms with van der Waals surface area (Å²) < 4.78 is 0. The number of anilines is 6. The van der Waals surface area contributed by atoms with Crippen molar-refractivity contribution >= 4 is 45.9 Å². The Morgan fingerprint density at radius 2 is 1.04 bits per heavy atom. The molecular weight excluding hydrogens is 356 g/mol. The van der Waals surface area contributed by atoms with E-state index < -0.39 is 11.8 Å². The minimum Gasteiger partial charge on any atom is -0.399 e. The van der Waals surface area contributed by atoms with E-state index in [1.807, 2.05) is 0 Å². The third-order valence-corrected chi connectivity index (χ3v) is 4.03. The quantitative estimate of drug-likeness (QED) is 0.383. The van der Waals surface area contributed by atoms with Gasteiger partial charge in [-0.05, 0) is 54.6 Å². The number of hydrogen-bond donors (Lipinski definition) is 6. The topological polar surface area (TPSA) is 162 Å². The average Bonchev–Trinajstić information content (AvgIpc) is 2.66. The fraction of sp³-hybridized carbons (Fsp3) is 0. The van der Waals surface area contributed by atoms with Crippen LogP contribution in [0.25, 0.3) is 0 Å². The van der Waals surface area contributed by atoms with Crippen molar-refractivity contribution in [1.29, 1.82) is 0 Å². The van der Waals surface area contributed by atoms with Crippen LogP contribution in [0.3, 0.4) is 0 Å². The molecule has 8 nitrogen and oxygen atoms in total. The summed E-state index contributed by atoms with van der Waals surface area (Å²) in [7, 11) is 0. The molecule has 3 aromatic rings. The molecule has 0 aliphatic rings. The van der Waals surface area contributed by atoms with Crippen LogP contribution in [0.15, 0.2) is 60.7 Å². The molecule has 0 saturated carbocycles. The van der Waals surface area contributed by atoms with E-state index in [0.717, 1.165) is 0 Å². The van der Waals surface area contributed by atoms with E-state index in [1.165, 1.54) is 6.07 Å². The van der Waals surface area contributed by atoms with E-state index in [9.17, 15) is 9.59 Å². The van der Waals surface area contributed by atoms with Crippen LogP contribution >= 0.6 is 0 Å². The van der Waals surface area contributed by atoms with Crippen LogP contribution in [0, 0.1) is 0 Å². The molecule has 2 amide bonds. The molecule has 10 N–H and O–H groups in total. The summed E-state index contributed by atoms with van der Waals surface area (Å²) in [6.45, 7) is 0. The summed E-state index contributed by atoms with van der Waals surface area (Å²) in [5.74, 6) is -0.809. The van der Waals surface area contributed by atoms with Gasteiger partial charge in [0.1, 0.15) is 0 Å². The second kappa shape index (κ2) is 7.58. The third-order valence-electron chi connectivity index (χ3n) is 4.03. The predicted octanol–water partition coefficient (Wildman–Crippen LogP) is 2.52. The summed E-state index contributed by atoms with van der Waals surface area (Å²) in [5, 5.41) is 5.40. The second-order valence-corrected chi connectivity index (χ2v) is 6.18. The number of benzene rings is 3. The molecule has 0 heterocycles. The van der Waals surface area contributed by atoms with E-state index in [4.69, 9.17) is 22.9 Å². The van der Waals surface area contributed by atoms with Crippen LogP contribution in [-0.2, 0) is 0 Å². The fourth-order valence-electron chi connectivity index (χ4n) is 2.58. The van der Waals surface area contributed by atoms with Crippen molar-refractivity contribution in [1.82, 2.24) is 0 Å². The minimum absolute atomic E-state index is 0.300. The van der Waals surface area contributed by atoms with Crippen LogP contribution in [0.1, 0.15) is 20.7 Å². The Morgan fingerprint density at radius 1 is 0.607 bits per heavy atom. The summed E-state index contributed by atoms with van der Waals surface area (Å²) in [4.78, 5) is 25.0. The van der Waals surface area contributed by atoms with Crippen LogP contribution in [0.5, 0.6) is 0 Å². The SMILES string of the molecule is Nc1ccc(NC(=O)c2cccc(C(=O)Nc3ccc(N)cc3N)c2)c(N)c1. The second-order valence-electron chi connectivity index (χ2n) is 6.18. The molecule has 0 unspecified atom stereocenters. The van der Waals surface area contributed by atoms with Crippen molar-refractivity contribution in [3.63, 3.8) is 0 Å². The lowest BCUT2D eigenvalue weighted by atomic mass is 10.1. The Hall–Kier alpha value is -4.20. The molecule has 3 aromatic carbocycles. The van der Waals surface area contributed by atoms with Crippen molar-refractivity contribution < 1.29 is 9.59 Å². The van der Waals surface area contributed by atoms with Gasteiger partial charge in [0.2, 0.25) is 0 Å². The van der Waals surface area contributed by atoms with E-state index in [0.29, 0.717) is 45.3 Å². The normalized spacial score (nSPS) is 10.3. The van der Waals surface area contributed by atoms with Gasteiger partial charge in [0.25, 0.3) is 11.8 Å².